The molecule has 0 aliphatic rings. The SMILES string of the molecule is N#Cc1cc(Br)ccc1NC(=O)c1ccccc1Cl. The molecule has 2 aromatic carbocycles. The fraction of sp³-hybridized carbons (Fsp3) is 0. The number of hydrogen-bond donors (Lipinski definition) is 1. The van der Waals surface area contributed by atoms with Gasteiger partial charge in [-0.15, -0.1) is 0 Å². The van der Waals surface area contributed by atoms with E-state index in [0.29, 0.717) is 21.8 Å². The molecule has 0 heterocycles. The van der Waals surface area contributed by atoms with E-state index in [2.05, 4.69) is 21.2 Å². The Morgan fingerprint density at radius 2 is 2.00 bits per heavy atom. The van der Waals surface area contributed by atoms with Crippen molar-refractivity contribution in [3.05, 3.63) is 63.1 Å². The first-order chi connectivity index (χ1) is 9.11. The van der Waals surface area contributed by atoms with Crippen molar-refractivity contribution in [2.24, 2.45) is 0 Å². The highest BCUT2D eigenvalue weighted by atomic mass is 79.9. The number of carbonyl (C=O) groups is 1. The summed E-state index contributed by atoms with van der Waals surface area (Å²) < 4.78 is 0.778. The van der Waals surface area contributed by atoms with E-state index < -0.39 is 0 Å². The highest BCUT2D eigenvalue weighted by Crippen LogP contribution is 2.22. The normalized spacial score (nSPS) is 9.74. The topological polar surface area (TPSA) is 52.9 Å². The van der Waals surface area contributed by atoms with Gasteiger partial charge >= 0.3 is 0 Å². The average Bonchev–Trinajstić information content (AvgIpc) is 2.41. The minimum absolute atomic E-state index is 0.343. The summed E-state index contributed by atoms with van der Waals surface area (Å²) in [6.45, 7) is 0. The maximum Gasteiger partial charge on any atom is 0.257 e. The lowest BCUT2D eigenvalue weighted by Crippen LogP contribution is -2.13. The molecule has 1 amide bonds. The molecule has 0 aromatic heterocycles. The van der Waals surface area contributed by atoms with Crippen molar-refractivity contribution in [3.8, 4) is 6.07 Å². The van der Waals surface area contributed by atoms with Crippen LogP contribution in [-0.2, 0) is 0 Å². The number of nitrogens with one attached hydrogen (secondary N) is 1. The van der Waals surface area contributed by atoms with Gasteiger partial charge in [0, 0.05) is 4.47 Å². The van der Waals surface area contributed by atoms with E-state index in [0.717, 1.165) is 4.47 Å². The summed E-state index contributed by atoms with van der Waals surface area (Å²) in [4.78, 5) is 12.1. The van der Waals surface area contributed by atoms with Gasteiger partial charge in [0.15, 0.2) is 0 Å². The van der Waals surface area contributed by atoms with Crippen LogP contribution in [0.4, 0.5) is 5.69 Å². The molecule has 0 atom stereocenters. The predicted octanol–water partition coefficient (Wildman–Crippen LogP) is 4.23. The summed E-state index contributed by atoms with van der Waals surface area (Å²) in [5, 5.41) is 12.1. The van der Waals surface area contributed by atoms with Gasteiger partial charge in [-0.3, -0.25) is 4.79 Å². The van der Waals surface area contributed by atoms with Crippen molar-refractivity contribution in [3.63, 3.8) is 0 Å². The minimum atomic E-state index is -0.343. The predicted molar refractivity (Wildman–Crippen MR) is 78.3 cm³/mol. The molecule has 3 nitrogen and oxygen atoms in total. The van der Waals surface area contributed by atoms with Crippen molar-refractivity contribution in [2.45, 2.75) is 0 Å². The molecule has 0 saturated carbocycles. The van der Waals surface area contributed by atoms with Crippen LogP contribution < -0.4 is 5.32 Å². The third kappa shape index (κ3) is 3.14. The molecular weight excluding hydrogens is 328 g/mol. The summed E-state index contributed by atoms with van der Waals surface area (Å²) in [6.07, 6.45) is 0. The number of rotatable bonds is 2. The van der Waals surface area contributed by atoms with Crippen LogP contribution in [0.5, 0.6) is 0 Å². The molecule has 2 rings (SSSR count). The summed E-state index contributed by atoms with van der Waals surface area (Å²) in [5.74, 6) is -0.343. The van der Waals surface area contributed by atoms with E-state index >= 15 is 0 Å². The summed E-state index contributed by atoms with van der Waals surface area (Å²) in [6, 6.07) is 13.8. The van der Waals surface area contributed by atoms with Crippen molar-refractivity contribution >= 4 is 39.1 Å². The van der Waals surface area contributed by atoms with Crippen LogP contribution >= 0.6 is 27.5 Å². The molecule has 0 aliphatic heterocycles. The Labute approximate surface area is 123 Å². The number of amides is 1. The zero-order valence-electron chi connectivity index (χ0n) is 9.65. The molecule has 2 aromatic rings. The molecule has 0 radical (unpaired) electrons. The minimum Gasteiger partial charge on any atom is -0.321 e. The number of nitrogens with zero attached hydrogens (tertiary/aromatic N) is 1. The van der Waals surface area contributed by atoms with Gasteiger partial charge in [0.1, 0.15) is 6.07 Å². The zero-order valence-corrected chi connectivity index (χ0v) is 12.0. The van der Waals surface area contributed by atoms with Gasteiger partial charge in [0.2, 0.25) is 0 Å². The molecule has 94 valence electrons. The van der Waals surface area contributed by atoms with Gasteiger partial charge in [-0.2, -0.15) is 5.26 Å². The number of anilines is 1. The first-order valence-electron chi connectivity index (χ1n) is 5.37. The van der Waals surface area contributed by atoms with Crippen LogP contribution in [0.3, 0.4) is 0 Å². The number of benzene rings is 2. The number of nitriles is 1. The summed E-state index contributed by atoms with van der Waals surface area (Å²) in [5.41, 5.74) is 1.21. The van der Waals surface area contributed by atoms with Gasteiger partial charge in [-0.25, -0.2) is 0 Å². The van der Waals surface area contributed by atoms with Crippen LogP contribution in [-0.4, -0.2) is 5.91 Å². The van der Waals surface area contributed by atoms with Crippen LogP contribution in [0, 0.1) is 11.3 Å². The Hall–Kier alpha value is -1.83. The van der Waals surface area contributed by atoms with Crippen molar-refractivity contribution < 1.29 is 4.79 Å². The standard InChI is InChI=1S/C14H8BrClN2O/c15-10-5-6-13(9(7-10)8-17)18-14(19)11-3-1-2-4-12(11)16/h1-7H,(H,18,19). The van der Waals surface area contributed by atoms with E-state index in [9.17, 15) is 4.79 Å². The fourth-order valence-electron chi connectivity index (χ4n) is 1.55. The molecule has 5 heteroatoms. The Kier molecular flexibility index (Phi) is 4.20. The van der Waals surface area contributed by atoms with E-state index in [1.54, 1.807) is 42.5 Å². The summed E-state index contributed by atoms with van der Waals surface area (Å²) in [7, 11) is 0. The number of carbonyl (C=O) groups excluding carboxylic acids is 1. The molecule has 0 aliphatic carbocycles. The summed E-state index contributed by atoms with van der Waals surface area (Å²) >= 11 is 9.23. The van der Waals surface area contributed by atoms with Crippen molar-refractivity contribution in [1.82, 2.24) is 0 Å². The zero-order chi connectivity index (χ0) is 13.8. The monoisotopic (exact) mass is 334 g/mol. The van der Waals surface area contributed by atoms with Gasteiger partial charge < -0.3 is 5.32 Å². The smallest absolute Gasteiger partial charge is 0.257 e. The number of hydrogen-bond acceptors (Lipinski definition) is 2. The molecular formula is C14H8BrClN2O. The van der Waals surface area contributed by atoms with Gasteiger partial charge in [0.25, 0.3) is 5.91 Å². The molecule has 0 fully saturated rings. The van der Waals surface area contributed by atoms with Crippen LogP contribution in [0.1, 0.15) is 15.9 Å². The van der Waals surface area contributed by atoms with Gasteiger partial charge in [0.05, 0.1) is 21.8 Å². The molecule has 1 N–H and O–H groups in total. The molecule has 0 saturated heterocycles. The van der Waals surface area contributed by atoms with Crippen LogP contribution in [0.15, 0.2) is 46.9 Å². The molecule has 0 spiro atoms. The highest BCUT2D eigenvalue weighted by molar-refractivity contribution is 9.10. The Morgan fingerprint density at radius 1 is 1.26 bits per heavy atom. The van der Waals surface area contributed by atoms with E-state index in [1.807, 2.05) is 6.07 Å². The second-order valence-electron chi connectivity index (χ2n) is 3.74. The fourth-order valence-corrected chi connectivity index (χ4v) is 2.14. The first kappa shape index (κ1) is 13.6. The van der Waals surface area contributed by atoms with Crippen LogP contribution in [0.2, 0.25) is 5.02 Å². The number of halogens is 2. The van der Waals surface area contributed by atoms with E-state index in [-0.39, 0.29) is 5.91 Å². The third-order valence-corrected chi connectivity index (χ3v) is 3.29. The van der Waals surface area contributed by atoms with Crippen molar-refractivity contribution in [1.29, 1.82) is 5.26 Å². The lowest BCUT2D eigenvalue weighted by Gasteiger charge is -2.08. The maximum atomic E-state index is 12.1. The average molecular weight is 336 g/mol. The Bertz CT molecular complexity index is 679. The quantitative estimate of drug-likeness (QED) is 0.893. The Balaban J connectivity index is 2.30. The first-order valence-corrected chi connectivity index (χ1v) is 6.54. The largest absolute Gasteiger partial charge is 0.321 e. The molecule has 19 heavy (non-hydrogen) atoms. The van der Waals surface area contributed by atoms with Gasteiger partial charge in [-0.1, -0.05) is 39.7 Å². The lowest BCUT2D eigenvalue weighted by molar-refractivity contribution is 0.102. The van der Waals surface area contributed by atoms with Crippen molar-refractivity contribution in [2.75, 3.05) is 5.32 Å². The molecule has 0 bridgehead atoms. The van der Waals surface area contributed by atoms with E-state index in [1.165, 1.54) is 0 Å². The van der Waals surface area contributed by atoms with Crippen LogP contribution in [0.25, 0.3) is 0 Å². The lowest BCUT2D eigenvalue weighted by atomic mass is 10.1. The second-order valence-corrected chi connectivity index (χ2v) is 5.06. The maximum absolute atomic E-state index is 12.1. The highest BCUT2D eigenvalue weighted by Gasteiger charge is 2.12. The second kappa shape index (κ2) is 5.87. The molecule has 0 unspecified atom stereocenters. The van der Waals surface area contributed by atoms with E-state index in [4.69, 9.17) is 16.9 Å². The Morgan fingerprint density at radius 3 is 2.68 bits per heavy atom. The van der Waals surface area contributed by atoms with Gasteiger partial charge in [-0.05, 0) is 30.3 Å². The third-order valence-electron chi connectivity index (χ3n) is 2.47.